The SMILES string of the molecule is CCCCc1cccc(C(=O)[O-])c1N.CCCCc1cccc(C(=O)[O-])c1N.[Co+2]. The number of carbonyl (C=O) groups is 2. The van der Waals surface area contributed by atoms with E-state index in [9.17, 15) is 19.8 Å². The van der Waals surface area contributed by atoms with Crippen molar-refractivity contribution >= 4 is 23.3 Å². The van der Waals surface area contributed by atoms with Crippen LogP contribution >= 0.6 is 0 Å². The molecule has 1 radical (unpaired) electrons. The summed E-state index contributed by atoms with van der Waals surface area (Å²) in [4.78, 5) is 21.3. The fraction of sp³-hybridized carbons (Fsp3) is 0.364. The molecule has 0 spiro atoms. The Morgan fingerprint density at radius 3 is 1.38 bits per heavy atom. The Morgan fingerprint density at radius 2 is 1.10 bits per heavy atom. The number of carboxylic acid groups (broad SMARTS) is 2. The molecule has 0 saturated carbocycles. The second-order valence-electron chi connectivity index (χ2n) is 6.54. The van der Waals surface area contributed by atoms with Gasteiger partial charge in [-0.2, -0.15) is 0 Å². The molecule has 2 aromatic rings. The first-order chi connectivity index (χ1) is 13.3. The van der Waals surface area contributed by atoms with Gasteiger partial charge in [0.15, 0.2) is 0 Å². The Kier molecular flexibility index (Phi) is 12.4. The van der Waals surface area contributed by atoms with Gasteiger partial charge in [-0.05, 0) is 36.8 Å². The van der Waals surface area contributed by atoms with Crippen LogP contribution in [0, 0.1) is 0 Å². The zero-order valence-corrected chi connectivity index (χ0v) is 17.9. The van der Waals surface area contributed by atoms with Crippen molar-refractivity contribution in [1.82, 2.24) is 0 Å². The maximum absolute atomic E-state index is 10.7. The fourth-order valence-corrected chi connectivity index (χ4v) is 2.75. The third-order valence-corrected chi connectivity index (χ3v) is 4.43. The molecule has 0 fully saturated rings. The molecule has 0 amide bonds. The Balaban J connectivity index is 0.000000523. The first kappa shape index (κ1) is 26.5. The second kappa shape index (κ2) is 13.6. The van der Waals surface area contributed by atoms with Crippen molar-refractivity contribution in [2.24, 2.45) is 0 Å². The summed E-state index contributed by atoms with van der Waals surface area (Å²) in [6, 6.07) is 10.1. The molecule has 4 N–H and O–H groups in total. The van der Waals surface area contributed by atoms with E-state index in [4.69, 9.17) is 11.5 Å². The molecular formula is C22H28CoN2O4. The van der Waals surface area contributed by atoms with Gasteiger partial charge in [0.25, 0.3) is 0 Å². The summed E-state index contributed by atoms with van der Waals surface area (Å²) in [5.41, 5.74) is 14.1. The Labute approximate surface area is 182 Å². The van der Waals surface area contributed by atoms with Crippen LogP contribution in [0.5, 0.6) is 0 Å². The number of benzene rings is 2. The van der Waals surface area contributed by atoms with E-state index in [0.29, 0.717) is 11.4 Å². The van der Waals surface area contributed by atoms with Gasteiger partial charge in [0, 0.05) is 22.5 Å². The molecule has 0 heterocycles. The van der Waals surface area contributed by atoms with Crippen molar-refractivity contribution < 1.29 is 36.6 Å². The number of hydrogen-bond acceptors (Lipinski definition) is 6. The maximum atomic E-state index is 10.7. The molecule has 6 nitrogen and oxygen atoms in total. The summed E-state index contributed by atoms with van der Waals surface area (Å²) in [5, 5.41) is 21.3. The number of carboxylic acids is 2. The molecule has 0 saturated heterocycles. The van der Waals surface area contributed by atoms with E-state index in [-0.39, 0.29) is 27.9 Å². The molecule has 0 unspecified atom stereocenters. The van der Waals surface area contributed by atoms with Gasteiger partial charge in [0.1, 0.15) is 0 Å². The number of unbranched alkanes of at least 4 members (excludes halogenated alkanes) is 2. The Hall–Kier alpha value is -2.51. The first-order valence-corrected chi connectivity index (χ1v) is 9.50. The van der Waals surface area contributed by atoms with E-state index >= 15 is 0 Å². The predicted molar refractivity (Wildman–Crippen MR) is 108 cm³/mol. The second-order valence-corrected chi connectivity index (χ2v) is 6.54. The average Bonchev–Trinajstić information content (AvgIpc) is 2.66. The molecule has 0 aromatic heterocycles. The molecule has 2 aromatic carbocycles. The van der Waals surface area contributed by atoms with Gasteiger partial charge >= 0.3 is 16.8 Å². The van der Waals surface area contributed by atoms with E-state index in [1.165, 1.54) is 12.1 Å². The van der Waals surface area contributed by atoms with Crippen LogP contribution in [-0.4, -0.2) is 11.9 Å². The zero-order chi connectivity index (χ0) is 21.1. The van der Waals surface area contributed by atoms with Crippen molar-refractivity contribution in [3.8, 4) is 0 Å². The number of carbonyl (C=O) groups excluding carboxylic acids is 2. The van der Waals surface area contributed by atoms with E-state index in [2.05, 4.69) is 13.8 Å². The molecule has 0 aliphatic rings. The summed E-state index contributed by atoms with van der Waals surface area (Å²) in [6.07, 6.45) is 5.80. The summed E-state index contributed by atoms with van der Waals surface area (Å²) in [7, 11) is 0. The van der Waals surface area contributed by atoms with Gasteiger partial charge in [0.05, 0.1) is 11.9 Å². The van der Waals surface area contributed by atoms with Gasteiger partial charge in [-0.25, -0.2) is 0 Å². The van der Waals surface area contributed by atoms with Gasteiger partial charge in [0.2, 0.25) is 0 Å². The monoisotopic (exact) mass is 443 g/mol. The number of hydrogen-bond donors (Lipinski definition) is 2. The van der Waals surface area contributed by atoms with E-state index in [1.54, 1.807) is 12.1 Å². The number of aromatic carboxylic acids is 2. The van der Waals surface area contributed by atoms with Crippen LogP contribution in [0.1, 0.15) is 71.4 Å². The van der Waals surface area contributed by atoms with Crippen LogP contribution in [0.15, 0.2) is 36.4 Å². The van der Waals surface area contributed by atoms with Crippen molar-refractivity contribution in [2.45, 2.75) is 52.4 Å². The van der Waals surface area contributed by atoms with Crippen molar-refractivity contribution in [2.75, 3.05) is 11.5 Å². The minimum Gasteiger partial charge on any atom is -0.545 e. The van der Waals surface area contributed by atoms with Crippen molar-refractivity contribution in [1.29, 1.82) is 0 Å². The third-order valence-electron chi connectivity index (χ3n) is 4.43. The predicted octanol–water partition coefficient (Wildman–Crippen LogP) is 1.95. The van der Waals surface area contributed by atoms with E-state index in [0.717, 1.165) is 49.7 Å². The molecule has 7 heteroatoms. The van der Waals surface area contributed by atoms with Gasteiger partial charge < -0.3 is 31.3 Å². The fourth-order valence-electron chi connectivity index (χ4n) is 2.75. The number of rotatable bonds is 8. The molecule has 2 rings (SSSR count). The molecule has 159 valence electrons. The van der Waals surface area contributed by atoms with Crippen LogP contribution < -0.4 is 21.7 Å². The third kappa shape index (κ3) is 8.17. The van der Waals surface area contributed by atoms with Gasteiger partial charge in [-0.3, -0.25) is 0 Å². The minimum atomic E-state index is -1.21. The Bertz CT molecular complexity index is 742. The van der Waals surface area contributed by atoms with Crippen LogP contribution in [-0.2, 0) is 29.6 Å². The minimum absolute atomic E-state index is 0. The largest absolute Gasteiger partial charge is 2.00 e. The van der Waals surface area contributed by atoms with Crippen LogP contribution in [0.3, 0.4) is 0 Å². The molecule has 0 aliphatic carbocycles. The standard InChI is InChI=1S/2C11H15NO2.Co/c2*1-2-3-5-8-6-4-7-9(10(8)12)11(13)14;/h2*4,6-7H,2-3,5,12H2,1H3,(H,13,14);/q;;+2/p-2. The smallest absolute Gasteiger partial charge is 0.545 e. The van der Waals surface area contributed by atoms with Crippen LogP contribution in [0.2, 0.25) is 0 Å². The molecule has 29 heavy (non-hydrogen) atoms. The number of nitrogen functional groups attached to an aromatic ring is 2. The molecule has 0 aliphatic heterocycles. The normalized spacial score (nSPS) is 9.72. The number of anilines is 2. The van der Waals surface area contributed by atoms with Gasteiger partial charge in [-0.1, -0.05) is 63.1 Å². The zero-order valence-electron chi connectivity index (χ0n) is 16.8. The summed E-state index contributed by atoms with van der Waals surface area (Å²) in [5.74, 6) is -2.42. The first-order valence-electron chi connectivity index (χ1n) is 9.50. The van der Waals surface area contributed by atoms with Crippen LogP contribution in [0.25, 0.3) is 0 Å². The van der Waals surface area contributed by atoms with E-state index in [1.807, 2.05) is 12.1 Å². The number of aryl methyl sites for hydroxylation is 2. The quantitative estimate of drug-likeness (QED) is 0.600. The van der Waals surface area contributed by atoms with Crippen LogP contribution in [0.4, 0.5) is 11.4 Å². The van der Waals surface area contributed by atoms with Gasteiger partial charge in [-0.15, -0.1) is 0 Å². The summed E-state index contributed by atoms with van der Waals surface area (Å²) < 4.78 is 0. The topological polar surface area (TPSA) is 132 Å². The van der Waals surface area contributed by atoms with E-state index < -0.39 is 11.9 Å². The summed E-state index contributed by atoms with van der Waals surface area (Å²) in [6.45, 7) is 4.16. The number of para-hydroxylation sites is 2. The Morgan fingerprint density at radius 1 is 0.759 bits per heavy atom. The molecule has 0 atom stereocenters. The van der Waals surface area contributed by atoms with Crippen molar-refractivity contribution in [3.05, 3.63) is 58.7 Å². The molecular weight excluding hydrogens is 415 g/mol. The van der Waals surface area contributed by atoms with Crippen molar-refractivity contribution in [3.63, 3.8) is 0 Å². The summed E-state index contributed by atoms with van der Waals surface area (Å²) >= 11 is 0. The average molecular weight is 443 g/mol. The maximum Gasteiger partial charge on any atom is 2.00 e. The number of nitrogens with two attached hydrogens (primary N) is 2. The molecule has 0 bridgehead atoms.